The van der Waals surface area contributed by atoms with Crippen LogP contribution in [0.4, 0.5) is 10.1 Å². The Kier molecular flexibility index (Phi) is 3.37. The molecule has 0 spiro atoms. The summed E-state index contributed by atoms with van der Waals surface area (Å²) < 4.78 is 12.9. The van der Waals surface area contributed by atoms with Crippen LogP contribution in [0.1, 0.15) is 21.5 Å². The van der Waals surface area contributed by atoms with Gasteiger partial charge < -0.3 is 5.32 Å². The summed E-state index contributed by atoms with van der Waals surface area (Å²) in [6, 6.07) is 5.91. The zero-order valence-corrected chi connectivity index (χ0v) is 10.2. The smallest absolute Gasteiger partial charge is 0.255 e. The van der Waals surface area contributed by atoms with Gasteiger partial charge in [-0.05, 0) is 49.2 Å². The quantitative estimate of drug-likeness (QED) is 0.882. The van der Waals surface area contributed by atoms with Crippen LogP contribution in [0.2, 0.25) is 0 Å². The second kappa shape index (κ2) is 4.96. The minimum Gasteiger partial charge on any atom is -0.321 e. The summed E-state index contributed by atoms with van der Waals surface area (Å²) in [5.74, 6) is -0.610. The molecule has 0 fully saturated rings. The maximum absolute atomic E-state index is 12.9. The summed E-state index contributed by atoms with van der Waals surface area (Å²) in [5, 5.41) is 2.74. The Hall–Kier alpha value is -2.23. The van der Waals surface area contributed by atoms with Crippen molar-refractivity contribution in [2.75, 3.05) is 5.32 Å². The van der Waals surface area contributed by atoms with Crippen LogP contribution in [0.15, 0.2) is 36.7 Å². The first-order valence-electron chi connectivity index (χ1n) is 5.55. The Morgan fingerprint density at radius 3 is 2.67 bits per heavy atom. The molecule has 0 saturated carbocycles. The maximum Gasteiger partial charge on any atom is 0.255 e. The van der Waals surface area contributed by atoms with E-state index in [9.17, 15) is 9.18 Å². The Labute approximate surface area is 105 Å². The van der Waals surface area contributed by atoms with E-state index >= 15 is 0 Å². The topological polar surface area (TPSA) is 42.0 Å². The van der Waals surface area contributed by atoms with Crippen molar-refractivity contribution in [2.24, 2.45) is 0 Å². The number of hydrogen-bond acceptors (Lipinski definition) is 2. The number of rotatable bonds is 2. The third-order valence-corrected chi connectivity index (χ3v) is 2.57. The molecule has 0 aliphatic heterocycles. The zero-order chi connectivity index (χ0) is 13.1. The normalized spacial score (nSPS) is 10.2. The van der Waals surface area contributed by atoms with Crippen LogP contribution in [-0.4, -0.2) is 10.9 Å². The number of anilines is 1. The van der Waals surface area contributed by atoms with Crippen LogP contribution in [0.3, 0.4) is 0 Å². The number of amides is 1. The molecule has 1 amide bonds. The lowest BCUT2D eigenvalue weighted by Gasteiger charge is -2.07. The number of benzene rings is 1. The first kappa shape index (κ1) is 12.2. The highest BCUT2D eigenvalue weighted by atomic mass is 19.1. The predicted molar refractivity (Wildman–Crippen MR) is 68.1 cm³/mol. The summed E-state index contributed by atoms with van der Waals surface area (Å²) in [7, 11) is 0. The molecule has 0 unspecified atom stereocenters. The minimum atomic E-state index is -0.346. The van der Waals surface area contributed by atoms with E-state index in [-0.39, 0.29) is 11.7 Å². The van der Waals surface area contributed by atoms with Crippen molar-refractivity contribution < 1.29 is 9.18 Å². The highest BCUT2D eigenvalue weighted by Gasteiger charge is 2.10. The first-order valence-corrected chi connectivity index (χ1v) is 5.55. The molecule has 2 aromatic rings. The molecule has 3 nitrogen and oxygen atoms in total. The molecule has 92 valence electrons. The third-order valence-electron chi connectivity index (χ3n) is 2.57. The number of nitrogens with zero attached hydrogens (tertiary/aromatic N) is 1. The molecule has 1 N–H and O–H groups in total. The van der Waals surface area contributed by atoms with Crippen molar-refractivity contribution in [3.8, 4) is 0 Å². The molecular formula is C14H13FN2O. The number of carbonyl (C=O) groups excluding carboxylic acids is 1. The molecular weight excluding hydrogens is 231 g/mol. The van der Waals surface area contributed by atoms with Crippen LogP contribution in [-0.2, 0) is 0 Å². The minimum absolute atomic E-state index is 0.264. The molecule has 1 aromatic heterocycles. The van der Waals surface area contributed by atoms with E-state index in [4.69, 9.17) is 0 Å². The summed E-state index contributed by atoms with van der Waals surface area (Å²) in [4.78, 5) is 16.0. The molecule has 4 heteroatoms. The Morgan fingerprint density at radius 2 is 2.00 bits per heavy atom. The molecule has 0 aliphatic rings. The van der Waals surface area contributed by atoms with Gasteiger partial charge in [-0.1, -0.05) is 0 Å². The summed E-state index contributed by atoms with van der Waals surface area (Å²) >= 11 is 0. The average molecular weight is 244 g/mol. The zero-order valence-electron chi connectivity index (χ0n) is 10.2. The number of carbonyl (C=O) groups is 1. The molecule has 2 rings (SSSR count). The van der Waals surface area contributed by atoms with Crippen molar-refractivity contribution in [3.05, 3.63) is 59.2 Å². The van der Waals surface area contributed by atoms with Gasteiger partial charge in [0, 0.05) is 11.8 Å². The van der Waals surface area contributed by atoms with E-state index in [1.165, 1.54) is 18.2 Å². The van der Waals surface area contributed by atoms with Gasteiger partial charge in [0.2, 0.25) is 0 Å². The van der Waals surface area contributed by atoms with Crippen molar-refractivity contribution >= 4 is 11.6 Å². The third kappa shape index (κ3) is 2.71. The number of aryl methyl sites for hydroxylation is 2. The number of hydrogen-bond donors (Lipinski definition) is 1. The van der Waals surface area contributed by atoms with Gasteiger partial charge >= 0.3 is 0 Å². The lowest BCUT2D eigenvalue weighted by atomic mass is 10.1. The van der Waals surface area contributed by atoms with Crippen molar-refractivity contribution in [1.82, 2.24) is 4.98 Å². The maximum atomic E-state index is 12.9. The lowest BCUT2D eigenvalue weighted by molar-refractivity contribution is 0.102. The van der Waals surface area contributed by atoms with Crippen molar-refractivity contribution in [3.63, 3.8) is 0 Å². The van der Waals surface area contributed by atoms with Gasteiger partial charge in [0.05, 0.1) is 11.9 Å². The Balaban J connectivity index is 2.22. The standard InChI is InChI=1S/C14H13FN2O/c1-9-5-12(8-16-7-9)17-14(18)13-4-3-11(15)6-10(13)2/h3-8H,1-2H3,(H,17,18). The second-order valence-corrected chi connectivity index (χ2v) is 4.16. The average Bonchev–Trinajstić information content (AvgIpc) is 2.28. The van der Waals surface area contributed by atoms with Gasteiger partial charge in [-0.15, -0.1) is 0 Å². The fourth-order valence-electron chi connectivity index (χ4n) is 1.70. The molecule has 0 aliphatic carbocycles. The fraction of sp³-hybridized carbons (Fsp3) is 0.143. The van der Waals surface area contributed by atoms with E-state index in [1.807, 2.05) is 13.0 Å². The molecule has 0 atom stereocenters. The molecule has 18 heavy (non-hydrogen) atoms. The SMILES string of the molecule is Cc1cncc(NC(=O)c2ccc(F)cc2C)c1. The van der Waals surface area contributed by atoms with E-state index in [2.05, 4.69) is 10.3 Å². The second-order valence-electron chi connectivity index (χ2n) is 4.16. The molecule has 1 heterocycles. The fourth-order valence-corrected chi connectivity index (χ4v) is 1.70. The largest absolute Gasteiger partial charge is 0.321 e. The Bertz CT molecular complexity index is 596. The molecule has 1 aromatic carbocycles. The first-order chi connectivity index (χ1) is 8.56. The van der Waals surface area contributed by atoms with E-state index < -0.39 is 0 Å². The van der Waals surface area contributed by atoms with E-state index in [0.717, 1.165) is 5.56 Å². The van der Waals surface area contributed by atoms with Crippen LogP contribution in [0, 0.1) is 19.7 Å². The van der Waals surface area contributed by atoms with Crippen LogP contribution < -0.4 is 5.32 Å². The highest BCUT2D eigenvalue weighted by Crippen LogP contribution is 2.13. The van der Waals surface area contributed by atoms with Crippen LogP contribution >= 0.6 is 0 Å². The van der Waals surface area contributed by atoms with Gasteiger partial charge in [0.1, 0.15) is 5.82 Å². The van der Waals surface area contributed by atoms with Crippen LogP contribution in [0.25, 0.3) is 0 Å². The number of pyridine rings is 1. The number of aromatic nitrogens is 1. The summed E-state index contributed by atoms with van der Waals surface area (Å²) in [6.07, 6.45) is 3.28. The monoisotopic (exact) mass is 244 g/mol. The molecule has 0 saturated heterocycles. The lowest BCUT2D eigenvalue weighted by Crippen LogP contribution is -2.13. The predicted octanol–water partition coefficient (Wildman–Crippen LogP) is 3.09. The van der Waals surface area contributed by atoms with Gasteiger partial charge in [-0.2, -0.15) is 0 Å². The number of nitrogens with one attached hydrogen (secondary N) is 1. The van der Waals surface area contributed by atoms with Crippen molar-refractivity contribution in [2.45, 2.75) is 13.8 Å². The van der Waals surface area contributed by atoms with Gasteiger partial charge in [0.15, 0.2) is 0 Å². The summed E-state index contributed by atoms with van der Waals surface area (Å²) in [5.41, 5.74) is 2.65. The Morgan fingerprint density at radius 1 is 1.22 bits per heavy atom. The highest BCUT2D eigenvalue weighted by molar-refractivity contribution is 6.05. The molecule has 0 radical (unpaired) electrons. The summed E-state index contributed by atoms with van der Waals surface area (Å²) in [6.45, 7) is 3.60. The van der Waals surface area contributed by atoms with Gasteiger partial charge in [-0.25, -0.2) is 4.39 Å². The van der Waals surface area contributed by atoms with E-state index in [1.54, 1.807) is 19.3 Å². The number of halogens is 1. The van der Waals surface area contributed by atoms with E-state index in [0.29, 0.717) is 16.8 Å². The van der Waals surface area contributed by atoms with Gasteiger partial charge in [-0.3, -0.25) is 9.78 Å². The van der Waals surface area contributed by atoms with Crippen LogP contribution in [0.5, 0.6) is 0 Å². The van der Waals surface area contributed by atoms with Crippen molar-refractivity contribution in [1.29, 1.82) is 0 Å². The van der Waals surface area contributed by atoms with Gasteiger partial charge in [0.25, 0.3) is 5.91 Å². The molecule has 0 bridgehead atoms.